The Bertz CT molecular complexity index is 768. The molecule has 0 unspecified atom stereocenters. The molecule has 0 aromatic heterocycles. The van der Waals surface area contributed by atoms with Crippen molar-refractivity contribution in [2.24, 2.45) is 0 Å². The molecule has 2 rings (SSSR count). The molecule has 6 nitrogen and oxygen atoms in total. The fraction of sp³-hybridized carbons (Fsp3) is 0.235. The zero-order chi connectivity index (χ0) is 18.4. The molecule has 0 bridgehead atoms. The molecule has 2 aromatic carbocycles. The molecule has 0 heterocycles. The maximum Gasteiger partial charge on any atom is 0.271 e. The van der Waals surface area contributed by atoms with Crippen LogP contribution in [0.3, 0.4) is 0 Å². The van der Waals surface area contributed by atoms with Crippen molar-refractivity contribution < 1.29 is 18.8 Å². The zero-order valence-corrected chi connectivity index (χ0v) is 14.1. The Hall–Kier alpha value is -2.67. The number of hydrogen-bond acceptors (Lipinski definition) is 4. The van der Waals surface area contributed by atoms with E-state index in [1.165, 1.54) is 24.3 Å². The number of ether oxygens (including phenoxy) is 1. The summed E-state index contributed by atoms with van der Waals surface area (Å²) in [6.07, 6.45) is -0.274. The molecular weight excluding hydrogens is 351 g/mol. The second-order valence-corrected chi connectivity index (χ2v) is 5.71. The van der Waals surface area contributed by atoms with Gasteiger partial charge in [0.25, 0.3) is 11.6 Å². The highest BCUT2D eigenvalue weighted by atomic mass is 35.5. The predicted octanol–water partition coefficient (Wildman–Crippen LogP) is 3.51. The number of non-ortho nitro benzene ring substituents is 1. The number of carbonyl (C=O) groups excluding carboxylic acids is 1. The van der Waals surface area contributed by atoms with Crippen LogP contribution in [0, 0.1) is 15.9 Å². The van der Waals surface area contributed by atoms with Crippen LogP contribution in [0.1, 0.15) is 12.5 Å². The number of amides is 1. The number of halogens is 2. The first-order chi connectivity index (χ1) is 11.9. The van der Waals surface area contributed by atoms with E-state index in [0.29, 0.717) is 13.0 Å². The molecule has 0 radical (unpaired) electrons. The van der Waals surface area contributed by atoms with Gasteiger partial charge in [0.05, 0.1) is 9.95 Å². The van der Waals surface area contributed by atoms with E-state index >= 15 is 0 Å². The van der Waals surface area contributed by atoms with Gasteiger partial charge in [-0.3, -0.25) is 14.9 Å². The zero-order valence-electron chi connectivity index (χ0n) is 13.4. The van der Waals surface area contributed by atoms with Gasteiger partial charge in [0.15, 0.2) is 6.10 Å². The van der Waals surface area contributed by atoms with Crippen LogP contribution < -0.4 is 10.1 Å². The first-order valence-corrected chi connectivity index (χ1v) is 7.87. The highest BCUT2D eigenvalue weighted by Crippen LogP contribution is 2.29. The summed E-state index contributed by atoms with van der Waals surface area (Å²) < 4.78 is 18.3. The van der Waals surface area contributed by atoms with Crippen LogP contribution in [-0.2, 0) is 11.2 Å². The Morgan fingerprint density at radius 2 is 2.00 bits per heavy atom. The van der Waals surface area contributed by atoms with Gasteiger partial charge in [0, 0.05) is 18.7 Å². The van der Waals surface area contributed by atoms with Crippen LogP contribution in [0.5, 0.6) is 5.75 Å². The number of nitro benzene ring substituents is 1. The Kier molecular flexibility index (Phi) is 6.30. The maximum absolute atomic E-state index is 12.8. The quantitative estimate of drug-likeness (QED) is 0.600. The molecule has 0 saturated carbocycles. The number of benzene rings is 2. The normalized spacial score (nSPS) is 11.6. The van der Waals surface area contributed by atoms with E-state index in [1.807, 2.05) is 0 Å². The molecule has 1 N–H and O–H groups in total. The van der Waals surface area contributed by atoms with Crippen molar-refractivity contribution in [2.45, 2.75) is 19.4 Å². The molecule has 0 aliphatic carbocycles. The van der Waals surface area contributed by atoms with Crippen molar-refractivity contribution in [1.82, 2.24) is 5.32 Å². The molecule has 132 valence electrons. The second-order valence-electron chi connectivity index (χ2n) is 5.30. The van der Waals surface area contributed by atoms with Crippen molar-refractivity contribution in [3.63, 3.8) is 0 Å². The van der Waals surface area contributed by atoms with Crippen LogP contribution in [-0.4, -0.2) is 23.5 Å². The fourth-order valence-corrected chi connectivity index (χ4v) is 2.29. The lowest BCUT2D eigenvalue weighted by Gasteiger charge is -2.15. The van der Waals surface area contributed by atoms with Crippen molar-refractivity contribution in [2.75, 3.05) is 6.54 Å². The number of nitrogens with zero attached hydrogens (tertiary/aromatic N) is 1. The van der Waals surface area contributed by atoms with Gasteiger partial charge in [0.2, 0.25) is 0 Å². The fourth-order valence-electron chi connectivity index (χ4n) is 2.07. The number of nitro groups is 1. The molecule has 0 fully saturated rings. The second kappa shape index (κ2) is 8.43. The minimum atomic E-state index is -0.827. The Labute approximate surface area is 148 Å². The summed E-state index contributed by atoms with van der Waals surface area (Å²) in [4.78, 5) is 22.1. The van der Waals surface area contributed by atoms with E-state index in [-0.39, 0.29) is 28.2 Å². The van der Waals surface area contributed by atoms with Gasteiger partial charge in [-0.2, -0.15) is 0 Å². The van der Waals surface area contributed by atoms with Gasteiger partial charge in [-0.15, -0.1) is 0 Å². The molecule has 1 atom stereocenters. The third-order valence-electron chi connectivity index (χ3n) is 3.43. The lowest BCUT2D eigenvalue weighted by Crippen LogP contribution is -2.37. The maximum atomic E-state index is 12.8. The summed E-state index contributed by atoms with van der Waals surface area (Å²) >= 11 is 5.93. The van der Waals surface area contributed by atoms with Gasteiger partial charge in [0.1, 0.15) is 11.6 Å². The molecular formula is C17H16ClFN2O4. The van der Waals surface area contributed by atoms with Gasteiger partial charge >= 0.3 is 0 Å². The third-order valence-corrected chi connectivity index (χ3v) is 3.72. The lowest BCUT2D eigenvalue weighted by atomic mass is 10.1. The number of nitrogens with one attached hydrogen (secondary N) is 1. The SMILES string of the molecule is C[C@@H](Oc1ccc([N+](=O)[O-])cc1Cl)C(=O)NCCc1ccc(F)cc1. The average Bonchev–Trinajstić information content (AvgIpc) is 2.58. The summed E-state index contributed by atoms with van der Waals surface area (Å²) in [6, 6.07) is 9.79. The predicted molar refractivity (Wildman–Crippen MR) is 91.3 cm³/mol. The summed E-state index contributed by atoms with van der Waals surface area (Å²) in [5, 5.41) is 13.4. The topological polar surface area (TPSA) is 81.5 Å². The van der Waals surface area contributed by atoms with Crippen LogP contribution in [0.4, 0.5) is 10.1 Å². The summed E-state index contributed by atoms with van der Waals surface area (Å²) in [6.45, 7) is 1.91. The summed E-state index contributed by atoms with van der Waals surface area (Å²) in [5.74, 6) is -0.472. The van der Waals surface area contributed by atoms with Crippen molar-refractivity contribution in [1.29, 1.82) is 0 Å². The highest BCUT2D eigenvalue weighted by molar-refractivity contribution is 6.32. The van der Waals surface area contributed by atoms with Gasteiger partial charge in [-0.05, 0) is 37.1 Å². The van der Waals surface area contributed by atoms with Crippen LogP contribution in [0.2, 0.25) is 5.02 Å². The van der Waals surface area contributed by atoms with Crippen LogP contribution in [0.25, 0.3) is 0 Å². The molecule has 8 heteroatoms. The summed E-state index contributed by atoms with van der Waals surface area (Å²) in [5.41, 5.74) is 0.738. The monoisotopic (exact) mass is 366 g/mol. The van der Waals surface area contributed by atoms with Crippen LogP contribution in [0.15, 0.2) is 42.5 Å². The number of carbonyl (C=O) groups is 1. The van der Waals surface area contributed by atoms with E-state index in [9.17, 15) is 19.3 Å². The largest absolute Gasteiger partial charge is 0.479 e. The Balaban J connectivity index is 1.85. The van der Waals surface area contributed by atoms with Crippen molar-refractivity contribution in [3.8, 4) is 5.75 Å². The van der Waals surface area contributed by atoms with Gasteiger partial charge in [-0.1, -0.05) is 23.7 Å². The summed E-state index contributed by atoms with van der Waals surface area (Å²) in [7, 11) is 0. The van der Waals surface area contributed by atoms with E-state index < -0.39 is 11.0 Å². The third kappa shape index (κ3) is 5.42. The molecule has 1 amide bonds. The first kappa shape index (κ1) is 18.7. The minimum absolute atomic E-state index is 0.0557. The van der Waals surface area contributed by atoms with Crippen LogP contribution >= 0.6 is 11.6 Å². The molecule has 2 aromatic rings. The van der Waals surface area contributed by atoms with Crippen molar-refractivity contribution >= 4 is 23.2 Å². The standard InChI is InChI=1S/C17H16ClFN2O4/c1-11(25-16-7-6-14(21(23)24)10-15(16)18)17(22)20-9-8-12-2-4-13(19)5-3-12/h2-7,10-11H,8-9H2,1H3,(H,20,22)/t11-/m1/s1. The number of hydrogen-bond donors (Lipinski definition) is 1. The average molecular weight is 367 g/mol. The Morgan fingerprint density at radius 1 is 1.32 bits per heavy atom. The number of rotatable bonds is 7. The van der Waals surface area contributed by atoms with E-state index in [1.54, 1.807) is 19.1 Å². The Morgan fingerprint density at radius 3 is 2.60 bits per heavy atom. The van der Waals surface area contributed by atoms with Gasteiger partial charge < -0.3 is 10.1 Å². The van der Waals surface area contributed by atoms with Crippen molar-refractivity contribution in [3.05, 3.63) is 69.0 Å². The molecule has 0 saturated heterocycles. The first-order valence-electron chi connectivity index (χ1n) is 7.49. The molecule has 0 aliphatic heterocycles. The molecule has 25 heavy (non-hydrogen) atoms. The minimum Gasteiger partial charge on any atom is -0.479 e. The smallest absolute Gasteiger partial charge is 0.271 e. The van der Waals surface area contributed by atoms with E-state index in [0.717, 1.165) is 11.6 Å². The highest BCUT2D eigenvalue weighted by Gasteiger charge is 2.17. The molecule has 0 spiro atoms. The van der Waals surface area contributed by atoms with E-state index in [4.69, 9.17) is 16.3 Å². The van der Waals surface area contributed by atoms with E-state index in [2.05, 4.69) is 5.32 Å². The lowest BCUT2D eigenvalue weighted by molar-refractivity contribution is -0.384. The van der Waals surface area contributed by atoms with Gasteiger partial charge in [-0.25, -0.2) is 4.39 Å². The molecule has 0 aliphatic rings.